The van der Waals surface area contributed by atoms with Gasteiger partial charge >= 0.3 is 5.97 Å². The summed E-state index contributed by atoms with van der Waals surface area (Å²) in [6.45, 7) is 2.53. The highest BCUT2D eigenvalue weighted by Crippen LogP contribution is 2.17. The van der Waals surface area contributed by atoms with E-state index in [-0.39, 0.29) is 4.90 Å². The molecular weight excluding hydrogens is 330 g/mol. The van der Waals surface area contributed by atoms with Crippen molar-refractivity contribution < 1.29 is 17.9 Å². The van der Waals surface area contributed by atoms with Crippen LogP contribution in [-0.4, -0.2) is 41.4 Å². The molecule has 0 unspecified atom stereocenters. The monoisotopic (exact) mass is 347 g/mol. The highest BCUT2D eigenvalue weighted by Gasteiger charge is 2.17. The molecule has 0 amide bonds. The van der Waals surface area contributed by atoms with E-state index >= 15 is 0 Å². The molecule has 0 saturated carbocycles. The molecule has 1 aromatic carbocycles. The highest BCUT2D eigenvalue weighted by atomic mass is 32.2. The van der Waals surface area contributed by atoms with Gasteiger partial charge in [0.2, 0.25) is 0 Å². The van der Waals surface area contributed by atoms with Crippen LogP contribution in [-0.2, 0) is 21.1 Å². The summed E-state index contributed by atoms with van der Waals surface area (Å²) in [5, 5.41) is 4.15. The Hall–Kier alpha value is -2.61. The smallest absolute Gasteiger partial charge is 0.343 e. The Kier molecular flexibility index (Phi) is 4.15. The van der Waals surface area contributed by atoms with Gasteiger partial charge in [0.05, 0.1) is 17.7 Å². The summed E-state index contributed by atoms with van der Waals surface area (Å²) < 4.78 is 31.6. The topological polar surface area (TPSA) is 82.7 Å². The van der Waals surface area contributed by atoms with E-state index in [2.05, 4.69) is 5.10 Å². The van der Waals surface area contributed by atoms with Crippen molar-refractivity contribution in [3.05, 3.63) is 54.0 Å². The van der Waals surface area contributed by atoms with Gasteiger partial charge in [-0.15, -0.1) is 0 Å². The first-order valence-corrected chi connectivity index (χ1v) is 9.28. The van der Waals surface area contributed by atoms with E-state index in [1.54, 1.807) is 41.9 Å². The average Bonchev–Trinajstić information content (AvgIpc) is 3.10. The summed E-state index contributed by atoms with van der Waals surface area (Å²) in [5.41, 5.74) is 1.95. The number of carbonyl (C=O) groups is 1. The van der Waals surface area contributed by atoms with Crippen LogP contribution in [0.2, 0.25) is 0 Å². The number of carbonyl (C=O) groups excluding carboxylic acids is 1. The zero-order valence-corrected chi connectivity index (χ0v) is 14.2. The van der Waals surface area contributed by atoms with Crippen molar-refractivity contribution in [3.8, 4) is 0 Å². The van der Waals surface area contributed by atoms with Crippen LogP contribution in [0.5, 0.6) is 0 Å². The number of ether oxygens (including phenoxy) is 1. The van der Waals surface area contributed by atoms with Crippen molar-refractivity contribution in [2.45, 2.75) is 18.4 Å². The minimum atomic E-state index is -3.21. The highest BCUT2D eigenvalue weighted by molar-refractivity contribution is 7.90. The van der Waals surface area contributed by atoms with Crippen molar-refractivity contribution in [1.82, 2.24) is 14.2 Å². The molecule has 3 rings (SSSR count). The molecule has 126 valence electrons. The third kappa shape index (κ3) is 3.05. The minimum absolute atomic E-state index is 0.278. The van der Waals surface area contributed by atoms with Crippen LogP contribution in [0.3, 0.4) is 0 Å². The number of nitrogens with zero attached hydrogens (tertiary/aromatic N) is 3. The third-order valence-electron chi connectivity index (χ3n) is 3.63. The van der Waals surface area contributed by atoms with Crippen LogP contribution >= 0.6 is 0 Å². The van der Waals surface area contributed by atoms with Gasteiger partial charge in [0, 0.05) is 25.2 Å². The van der Waals surface area contributed by atoms with E-state index in [0.717, 1.165) is 5.56 Å². The zero-order valence-electron chi connectivity index (χ0n) is 13.3. The second kappa shape index (κ2) is 6.12. The van der Waals surface area contributed by atoms with Crippen molar-refractivity contribution >= 4 is 21.5 Å². The Morgan fingerprint density at radius 1 is 1.21 bits per heavy atom. The maximum atomic E-state index is 12.0. The lowest BCUT2D eigenvalue weighted by molar-refractivity contribution is 0.0528. The average molecular weight is 347 g/mol. The number of rotatable bonds is 5. The minimum Gasteiger partial charge on any atom is -0.462 e. The van der Waals surface area contributed by atoms with Crippen molar-refractivity contribution in [2.75, 3.05) is 12.9 Å². The van der Waals surface area contributed by atoms with Gasteiger partial charge in [-0.1, -0.05) is 12.1 Å². The second-order valence-electron chi connectivity index (χ2n) is 5.39. The van der Waals surface area contributed by atoms with Crippen LogP contribution in [0.15, 0.2) is 47.8 Å². The van der Waals surface area contributed by atoms with Gasteiger partial charge in [-0.25, -0.2) is 17.7 Å². The first-order chi connectivity index (χ1) is 11.4. The van der Waals surface area contributed by atoms with Gasteiger partial charge in [0.25, 0.3) is 0 Å². The standard InChI is InChI=1S/C16H17N3O4S/c1-3-23-16(20)14-10-17-19-9-8-18(15(14)19)11-12-4-6-13(7-5-12)24(2,21)22/h4-10H,3,11H2,1-2H3. The lowest BCUT2D eigenvalue weighted by atomic mass is 10.2. The summed E-state index contributed by atoms with van der Waals surface area (Å²) in [6.07, 6.45) is 6.23. The van der Waals surface area contributed by atoms with Crippen LogP contribution in [0.1, 0.15) is 22.8 Å². The zero-order chi connectivity index (χ0) is 17.3. The van der Waals surface area contributed by atoms with Gasteiger partial charge in [-0.05, 0) is 24.6 Å². The fourth-order valence-electron chi connectivity index (χ4n) is 2.48. The molecule has 0 bridgehead atoms. The Labute approximate surface area is 139 Å². The van der Waals surface area contributed by atoms with E-state index in [9.17, 15) is 13.2 Å². The summed E-state index contributed by atoms with van der Waals surface area (Å²) in [6, 6.07) is 6.67. The molecule has 2 aromatic heterocycles. The van der Waals surface area contributed by atoms with Gasteiger partial charge in [-0.2, -0.15) is 5.10 Å². The number of aromatic nitrogens is 3. The Balaban J connectivity index is 1.93. The Morgan fingerprint density at radius 2 is 1.92 bits per heavy atom. The van der Waals surface area contributed by atoms with Crippen molar-refractivity contribution in [1.29, 1.82) is 0 Å². The molecule has 0 aliphatic rings. The van der Waals surface area contributed by atoms with Gasteiger partial charge in [0.15, 0.2) is 15.5 Å². The first kappa shape index (κ1) is 16.3. The second-order valence-corrected chi connectivity index (χ2v) is 7.40. The molecule has 3 aromatic rings. The number of imidazole rings is 1. The Morgan fingerprint density at radius 3 is 2.54 bits per heavy atom. The van der Waals surface area contributed by atoms with Gasteiger partial charge in [-0.3, -0.25) is 0 Å². The molecule has 7 nitrogen and oxygen atoms in total. The predicted octanol–water partition coefficient (Wildman–Crippen LogP) is 1.76. The van der Waals surface area contributed by atoms with E-state index in [1.165, 1.54) is 12.5 Å². The maximum absolute atomic E-state index is 12.0. The molecule has 0 atom stereocenters. The fourth-order valence-corrected chi connectivity index (χ4v) is 3.12. The molecular formula is C16H17N3O4S. The van der Waals surface area contributed by atoms with Crippen LogP contribution in [0, 0.1) is 0 Å². The molecule has 2 heterocycles. The number of hydrogen-bond acceptors (Lipinski definition) is 5. The number of benzene rings is 1. The number of hydrogen-bond donors (Lipinski definition) is 0. The van der Waals surface area contributed by atoms with Gasteiger partial charge in [0.1, 0.15) is 5.56 Å². The van der Waals surface area contributed by atoms with E-state index in [1.807, 2.05) is 10.8 Å². The molecule has 0 saturated heterocycles. The SMILES string of the molecule is CCOC(=O)c1cnn2ccn(Cc3ccc(S(C)(=O)=O)cc3)c12. The van der Waals surface area contributed by atoms with Crippen LogP contribution in [0.25, 0.3) is 5.65 Å². The molecule has 0 aliphatic carbocycles. The molecule has 8 heteroatoms. The third-order valence-corrected chi connectivity index (χ3v) is 4.76. The fraction of sp³-hybridized carbons (Fsp3) is 0.250. The summed E-state index contributed by atoms with van der Waals surface area (Å²) >= 11 is 0. The Bertz CT molecular complexity index is 984. The normalized spacial score (nSPS) is 11.8. The van der Waals surface area contributed by atoms with E-state index in [4.69, 9.17) is 4.74 Å². The summed E-state index contributed by atoms with van der Waals surface area (Å²) in [5.74, 6) is -0.417. The molecule has 0 fully saturated rings. The lowest BCUT2D eigenvalue weighted by Gasteiger charge is -2.07. The molecule has 24 heavy (non-hydrogen) atoms. The predicted molar refractivity (Wildman–Crippen MR) is 87.8 cm³/mol. The quantitative estimate of drug-likeness (QED) is 0.657. The molecule has 0 radical (unpaired) electrons. The van der Waals surface area contributed by atoms with Crippen LogP contribution < -0.4 is 0 Å². The lowest BCUT2D eigenvalue weighted by Crippen LogP contribution is -2.07. The number of esters is 1. The molecule has 0 N–H and O–H groups in total. The number of sulfone groups is 1. The summed E-state index contributed by atoms with van der Waals surface area (Å²) in [7, 11) is -3.21. The van der Waals surface area contributed by atoms with E-state index < -0.39 is 15.8 Å². The largest absolute Gasteiger partial charge is 0.462 e. The van der Waals surface area contributed by atoms with Crippen LogP contribution in [0.4, 0.5) is 0 Å². The maximum Gasteiger partial charge on any atom is 0.343 e. The van der Waals surface area contributed by atoms with Gasteiger partial charge < -0.3 is 9.30 Å². The number of fused-ring (bicyclic) bond motifs is 1. The summed E-state index contributed by atoms with van der Waals surface area (Å²) in [4.78, 5) is 12.3. The van der Waals surface area contributed by atoms with Crippen molar-refractivity contribution in [3.63, 3.8) is 0 Å². The first-order valence-electron chi connectivity index (χ1n) is 7.38. The van der Waals surface area contributed by atoms with Crippen molar-refractivity contribution in [2.24, 2.45) is 0 Å². The van der Waals surface area contributed by atoms with E-state index in [0.29, 0.717) is 24.4 Å². The molecule has 0 spiro atoms. The molecule has 0 aliphatic heterocycles.